The molecule has 2 N–H and O–H groups in total. The van der Waals surface area contributed by atoms with E-state index in [2.05, 4.69) is 20.6 Å². The van der Waals surface area contributed by atoms with E-state index in [0.29, 0.717) is 11.5 Å². The molecule has 2 aromatic rings. The Bertz CT molecular complexity index is 651. The van der Waals surface area contributed by atoms with Gasteiger partial charge in [-0.05, 0) is 38.4 Å². The Hall–Kier alpha value is -2.27. The number of aryl methyl sites for hydroxylation is 1. The molecule has 1 atom stereocenters. The molecule has 0 aliphatic carbocycles. The highest BCUT2D eigenvalue weighted by Crippen LogP contribution is 2.21. The average molecular weight is 296 g/mol. The maximum absolute atomic E-state index is 12.3. The van der Waals surface area contributed by atoms with Gasteiger partial charge in [-0.15, -0.1) is 0 Å². The van der Waals surface area contributed by atoms with E-state index in [0.717, 1.165) is 43.1 Å². The summed E-state index contributed by atoms with van der Waals surface area (Å²) in [5.41, 5.74) is 2.02. The quantitative estimate of drug-likeness (QED) is 0.913. The number of amides is 1. The minimum atomic E-state index is -0.169. The number of para-hydroxylation sites is 1. The highest BCUT2D eigenvalue weighted by Gasteiger charge is 2.20. The van der Waals surface area contributed by atoms with E-state index < -0.39 is 0 Å². The third kappa shape index (κ3) is 3.31. The normalized spacial score (nSPS) is 18.0. The van der Waals surface area contributed by atoms with Gasteiger partial charge < -0.3 is 10.6 Å². The lowest BCUT2D eigenvalue weighted by Gasteiger charge is -2.21. The molecule has 2 heterocycles. The van der Waals surface area contributed by atoms with E-state index in [9.17, 15) is 4.79 Å². The summed E-state index contributed by atoms with van der Waals surface area (Å²) in [6.45, 7) is 3.84. The molecule has 0 spiro atoms. The van der Waals surface area contributed by atoms with Gasteiger partial charge in [-0.3, -0.25) is 4.79 Å². The highest BCUT2D eigenvalue weighted by molar-refractivity contribution is 6.04. The van der Waals surface area contributed by atoms with E-state index in [4.69, 9.17) is 0 Å². The second kappa shape index (κ2) is 6.66. The zero-order valence-electron chi connectivity index (χ0n) is 12.7. The molecule has 22 heavy (non-hydrogen) atoms. The van der Waals surface area contributed by atoms with Crippen LogP contribution in [0.15, 0.2) is 36.5 Å². The molecule has 1 aromatic heterocycles. The number of hydrogen-bond acceptors (Lipinski definition) is 4. The molecule has 1 saturated heterocycles. The van der Waals surface area contributed by atoms with Gasteiger partial charge in [0.25, 0.3) is 5.91 Å². The number of rotatable bonds is 3. The van der Waals surface area contributed by atoms with Crippen LogP contribution in [0.2, 0.25) is 0 Å². The van der Waals surface area contributed by atoms with E-state index in [-0.39, 0.29) is 5.91 Å². The van der Waals surface area contributed by atoms with Crippen molar-refractivity contribution in [2.75, 3.05) is 18.4 Å². The molecule has 1 fully saturated rings. The second-order valence-electron chi connectivity index (χ2n) is 5.59. The van der Waals surface area contributed by atoms with Crippen LogP contribution in [0.1, 0.15) is 40.6 Å². The number of anilines is 1. The first-order valence-corrected chi connectivity index (χ1v) is 7.64. The maximum Gasteiger partial charge on any atom is 0.259 e. The lowest BCUT2D eigenvalue weighted by atomic mass is 9.98. The number of piperidine rings is 1. The summed E-state index contributed by atoms with van der Waals surface area (Å²) >= 11 is 0. The van der Waals surface area contributed by atoms with Crippen molar-refractivity contribution in [2.45, 2.75) is 25.7 Å². The van der Waals surface area contributed by atoms with E-state index in [1.807, 2.05) is 37.3 Å². The minimum absolute atomic E-state index is 0.169. The number of carbonyl (C=O) groups excluding carboxylic acids is 1. The van der Waals surface area contributed by atoms with Crippen molar-refractivity contribution >= 4 is 11.6 Å². The largest absolute Gasteiger partial charge is 0.322 e. The first kappa shape index (κ1) is 14.7. The molecule has 0 bridgehead atoms. The van der Waals surface area contributed by atoms with Crippen LogP contribution in [-0.4, -0.2) is 29.0 Å². The lowest BCUT2D eigenvalue weighted by Crippen LogP contribution is -2.29. The van der Waals surface area contributed by atoms with Gasteiger partial charge in [0.2, 0.25) is 0 Å². The van der Waals surface area contributed by atoms with E-state index >= 15 is 0 Å². The van der Waals surface area contributed by atoms with Crippen LogP contribution in [-0.2, 0) is 0 Å². The van der Waals surface area contributed by atoms with Crippen LogP contribution >= 0.6 is 0 Å². The Kier molecular flexibility index (Phi) is 4.44. The van der Waals surface area contributed by atoms with Crippen molar-refractivity contribution in [1.82, 2.24) is 15.3 Å². The molecule has 0 radical (unpaired) electrons. The van der Waals surface area contributed by atoms with Crippen LogP contribution in [0.4, 0.5) is 5.69 Å². The van der Waals surface area contributed by atoms with Crippen LogP contribution in [0, 0.1) is 6.92 Å². The topological polar surface area (TPSA) is 66.9 Å². The van der Waals surface area contributed by atoms with Crippen molar-refractivity contribution in [3.63, 3.8) is 0 Å². The fourth-order valence-electron chi connectivity index (χ4n) is 2.70. The number of nitrogens with one attached hydrogen (secondary N) is 2. The molecule has 3 rings (SSSR count). The Labute approximate surface area is 130 Å². The summed E-state index contributed by atoms with van der Waals surface area (Å²) in [7, 11) is 0. The van der Waals surface area contributed by atoms with Crippen molar-refractivity contribution in [3.05, 3.63) is 53.6 Å². The molecule has 1 aromatic carbocycles. The third-order valence-corrected chi connectivity index (χ3v) is 3.94. The molecular formula is C17H20N4O. The van der Waals surface area contributed by atoms with Gasteiger partial charge >= 0.3 is 0 Å². The van der Waals surface area contributed by atoms with Crippen LogP contribution in [0.5, 0.6) is 0 Å². The summed E-state index contributed by atoms with van der Waals surface area (Å²) in [5, 5.41) is 6.23. The first-order chi connectivity index (χ1) is 10.7. The fourth-order valence-corrected chi connectivity index (χ4v) is 2.70. The summed E-state index contributed by atoms with van der Waals surface area (Å²) in [4.78, 5) is 21.3. The highest BCUT2D eigenvalue weighted by atomic mass is 16.1. The van der Waals surface area contributed by atoms with E-state index in [1.54, 1.807) is 6.20 Å². The molecule has 1 aliphatic heterocycles. The van der Waals surface area contributed by atoms with Crippen molar-refractivity contribution in [2.24, 2.45) is 0 Å². The van der Waals surface area contributed by atoms with Crippen LogP contribution < -0.4 is 10.6 Å². The minimum Gasteiger partial charge on any atom is -0.322 e. The zero-order valence-corrected chi connectivity index (χ0v) is 12.7. The zero-order chi connectivity index (χ0) is 15.4. The summed E-state index contributed by atoms with van der Waals surface area (Å²) in [6.07, 6.45) is 3.88. The Morgan fingerprint density at radius 3 is 2.82 bits per heavy atom. The van der Waals surface area contributed by atoms with Gasteiger partial charge in [0.1, 0.15) is 5.82 Å². The monoisotopic (exact) mass is 296 g/mol. The molecule has 5 heteroatoms. The molecule has 114 valence electrons. The molecule has 1 aliphatic rings. The summed E-state index contributed by atoms with van der Waals surface area (Å²) in [6, 6.07) is 9.40. The smallest absolute Gasteiger partial charge is 0.259 e. The Morgan fingerprint density at radius 1 is 1.32 bits per heavy atom. The number of aromatic nitrogens is 2. The standard InChI is InChI=1S/C17H20N4O/c1-12-15(17(22)21-14-7-3-2-4-8-14)11-19-16(20-12)13-6-5-9-18-10-13/h2-4,7-8,11,13,18H,5-6,9-10H2,1H3,(H,21,22)/t13-/m1/s1. The second-order valence-corrected chi connectivity index (χ2v) is 5.59. The van der Waals surface area contributed by atoms with E-state index in [1.165, 1.54) is 0 Å². The Balaban J connectivity index is 1.75. The van der Waals surface area contributed by atoms with Gasteiger partial charge in [0.05, 0.1) is 11.3 Å². The van der Waals surface area contributed by atoms with Gasteiger partial charge in [0.15, 0.2) is 0 Å². The lowest BCUT2D eigenvalue weighted by molar-refractivity contribution is 0.102. The predicted molar refractivity (Wildman–Crippen MR) is 86.0 cm³/mol. The van der Waals surface area contributed by atoms with Crippen molar-refractivity contribution < 1.29 is 4.79 Å². The third-order valence-electron chi connectivity index (χ3n) is 3.94. The maximum atomic E-state index is 12.3. The fraction of sp³-hybridized carbons (Fsp3) is 0.353. The van der Waals surface area contributed by atoms with Crippen molar-refractivity contribution in [1.29, 1.82) is 0 Å². The van der Waals surface area contributed by atoms with Gasteiger partial charge in [-0.1, -0.05) is 18.2 Å². The summed E-state index contributed by atoms with van der Waals surface area (Å²) in [5.74, 6) is 1.01. The van der Waals surface area contributed by atoms with Crippen LogP contribution in [0.25, 0.3) is 0 Å². The van der Waals surface area contributed by atoms with Gasteiger partial charge in [-0.2, -0.15) is 0 Å². The number of hydrogen-bond donors (Lipinski definition) is 2. The Morgan fingerprint density at radius 2 is 2.14 bits per heavy atom. The molecule has 0 unspecified atom stereocenters. The van der Waals surface area contributed by atoms with Gasteiger partial charge in [-0.25, -0.2) is 9.97 Å². The number of benzene rings is 1. The predicted octanol–water partition coefficient (Wildman–Crippen LogP) is 2.50. The van der Waals surface area contributed by atoms with Gasteiger partial charge in [0, 0.05) is 24.3 Å². The summed E-state index contributed by atoms with van der Waals surface area (Å²) < 4.78 is 0. The molecule has 5 nitrogen and oxygen atoms in total. The molecule has 1 amide bonds. The first-order valence-electron chi connectivity index (χ1n) is 7.64. The number of nitrogens with zero attached hydrogens (tertiary/aromatic N) is 2. The average Bonchev–Trinajstić information content (AvgIpc) is 2.56. The molecular weight excluding hydrogens is 276 g/mol. The molecule has 0 saturated carbocycles. The van der Waals surface area contributed by atoms with Crippen LogP contribution in [0.3, 0.4) is 0 Å². The SMILES string of the molecule is Cc1nc([C@@H]2CCCNC2)ncc1C(=O)Nc1ccccc1. The van der Waals surface area contributed by atoms with Crippen molar-refractivity contribution in [3.8, 4) is 0 Å². The number of carbonyl (C=O) groups is 1.